The topological polar surface area (TPSA) is 26.0 Å². The molecule has 1 fully saturated rings. The molecule has 3 atom stereocenters. The van der Waals surface area contributed by atoms with Gasteiger partial charge in [-0.3, -0.25) is 0 Å². The second-order valence-electron chi connectivity index (χ2n) is 3.41. The van der Waals surface area contributed by atoms with Crippen LogP contribution in [0.3, 0.4) is 0 Å². The van der Waals surface area contributed by atoms with Gasteiger partial charge in [0.25, 0.3) is 0 Å². The van der Waals surface area contributed by atoms with Gasteiger partial charge in [0.05, 0.1) is 0 Å². The van der Waals surface area contributed by atoms with Crippen LogP contribution in [0.25, 0.3) is 0 Å². The van der Waals surface area contributed by atoms with Crippen molar-refractivity contribution in [3.8, 4) is 0 Å². The van der Waals surface area contributed by atoms with Crippen molar-refractivity contribution in [2.24, 2.45) is 11.7 Å². The Bertz CT molecular complexity index is 103. The fourth-order valence-electron chi connectivity index (χ4n) is 1.79. The number of nitrogens with two attached hydrogens (primary N) is 1. The monoisotopic (exact) mass is 246 g/mol. The molecular formula is C8H16NSn. The molecule has 0 spiro atoms. The van der Waals surface area contributed by atoms with Crippen molar-refractivity contribution in [3.63, 3.8) is 0 Å². The zero-order valence-electron chi connectivity index (χ0n) is 6.64. The zero-order chi connectivity index (χ0) is 7.56. The van der Waals surface area contributed by atoms with Gasteiger partial charge in [-0.1, -0.05) is 0 Å². The molecule has 0 aromatic carbocycles. The van der Waals surface area contributed by atoms with Crippen molar-refractivity contribution in [2.45, 2.75) is 42.6 Å². The molecule has 0 aromatic heterocycles. The Kier molecular flexibility index (Phi) is 3.50. The average Bonchev–Trinajstić information content (AvgIpc) is 1.88. The van der Waals surface area contributed by atoms with E-state index in [-0.39, 0.29) is 0 Å². The summed E-state index contributed by atoms with van der Waals surface area (Å²) >= 11 is 1.70. The summed E-state index contributed by atoms with van der Waals surface area (Å²) in [4.78, 5) is 0. The van der Waals surface area contributed by atoms with Crippen LogP contribution < -0.4 is 5.73 Å². The Morgan fingerprint density at radius 1 is 1.40 bits per heavy atom. The summed E-state index contributed by atoms with van der Waals surface area (Å²) in [6.07, 6.45) is 5.67. The second-order valence-corrected chi connectivity index (χ2v) is 5.53. The quantitative estimate of drug-likeness (QED) is 0.695. The first-order chi connectivity index (χ1) is 4.72. The molecule has 10 heavy (non-hydrogen) atoms. The minimum atomic E-state index is 0.435. The molecule has 0 saturated heterocycles. The van der Waals surface area contributed by atoms with Crippen LogP contribution in [0.4, 0.5) is 0 Å². The maximum atomic E-state index is 5.87. The molecule has 3 unspecified atom stereocenters. The molecule has 3 radical (unpaired) electrons. The van der Waals surface area contributed by atoms with Crippen LogP contribution >= 0.6 is 0 Å². The van der Waals surface area contributed by atoms with E-state index in [9.17, 15) is 0 Å². The first kappa shape index (κ1) is 8.85. The molecule has 2 heteroatoms. The van der Waals surface area contributed by atoms with Crippen LogP contribution in [0, 0.1) is 5.92 Å². The summed E-state index contributed by atoms with van der Waals surface area (Å²) in [5, 5.41) is 0. The van der Waals surface area contributed by atoms with E-state index in [0.717, 1.165) is 9.85 Å². The summed E-state index contributed by atoms with van der Waals surface area (Å²) in [6, 6.07) is 0.435. The summed E-state index contributed by atoms with van der Waals surface area (Å²) in [5.74, 6) is 0.840. The van der Waals surface area contributed by atoms with Gasteiger partial charge in [0.1, 0.15) is 0 Å². The van der Waals surface area contributed by atoms with E-state index in [0.29, 0.717) is 6.04 Å². The van der Waals surface area contributed by atoms with Gasteiger partial charge in [-0.05, 0) is 0 Å². The Labute approximate surface area is 76.8 Å². The molecule has 1 nitrogen and oxygen atoms in total. The van der Waals surface area contributed by atoms with E-state index in [4.69, 9.17) is 5.73 Å². The molecule has 0 amide bonds. The average molecular weight is 245 g/mol. The van der Waals surface area contributed by atoms with Gasteiger partial charge in [-0.2, -0.15) is 0 Å². The summed E-state index contributed by atoms with van der Waals surface area (Å²) in [7, 11) is 0. The van der Waals surface area contributed by atoms with Crippen LogP contribution in [-0.4, -0.2) is 28.6 Å². The maximum absolute atomic E-state index is 5.87. The molecule has 1 aliphatic carbocycles. The molecule has 57 valence electrons. The molecule has 0 bridgehead atoms. The van der Waals surface area contributed by atoms with Crippen molar-refractivity contribution in [3.05, 3.63) is 0 Å². The first-order valence-corrected chi connectivity index (χ1v) is 5.83. The molecule has 1 aliphatic rings. The van der Waals surface area contributed by atoms with Crippen LogP contribution in [0.2, 0.25) is 3.93 Å². The van der Waals surface area contributed by atoms with Crippen molar-refractivity contribution < 1.29 is 0 Å². The Hall–Kier alpha value is 0.759. The number of rotatable bonds is 1. The molecule has 1 rings (SSSR count). The molecule has 1 saturated carbocycles. The zero-order valence-corrected chi connectivity index (χ0v) is 9.49. The Balaban J connectivity index is 2.40. The SMILES string of the molecule is CC(N)C1CCCC[CH]1[Sn]. The standard InChI is InChI=1S/C8H16N.Sn/c1-7(9)8-5-3-2-4-6-8;/h5,7-8H,2-4,6,9H2,1H3;. The van der Waals surface area contributed by atoms with Gasteiger partial charge in [-0.25, -0.2) is 0 Å². The van der Waals surface area contributed by atoms with E-state index < -0.39 is 0 Å². The first-order valence-electron chi connectivity index (χ1n) is 4.18. The van der Waals surface area contributed by atoms with Gasteiger partial charge in [0, 0.05) is 0 Å². The van der Waals surface area contributed by atoms with Crippen LogP contribution in [0.5, 0.6) is 0 Å². The van der Waals surface area contributed by atoms with Crippen molar-refractivity contribution in [1.29, 1.82) is 0 Å². The fourth-order valence-corrected chi connectivity index (χ4v) is 3.71. The summed E-state index contributed by atoms with van der Waals surface area (Å²) in [6.45, 7) is 2.16. The predicted molar refractivity (Wildman–Crippen MR) is 45.1 cm³/mol. The molecule has 2 N–H and O–H groups in total. The van der Waals surface area contributed by atoms with Crippen molar-refractivity contribution >= 4 is 22.5 Å². The van der Waals surface area contributed by atoms with E-state index in [1.54, 1.807) is 22.5 Å². The van der Waals surface area contributed by atoms with Gasteiger partial charge >= 0.3 is 76.8 Å². The second kappa shape index (κ2) is 3.95. The molecule has 0 aromatic rings. The number of hydrogen-bond donors (Lipinski definition) is 1. The van der Waals surface area contributed by atoms with Crippen molar-refractivity contribution in [1.82, 2.24) is 0 Å². The van der Waals surface area contributed by atoms with E-state index in [1.807, 2.05) is 0 Å². The van der Waals surface area contributed by atoms with Gasteiger partial charge in [-0.15, -0.1) is 0 Å². The van der Waals surface area contributed by atoms with Crippen LogP contribution in [-0.2, 0) is 0 Å². The summed E-state index contributed by atoms with van der Waals surface area (Å²) in [5.41, 5.74) is 5.87. The van der Waals surface area contributed by atoms with Crippen molar-refractivity contribution in [2.75, 3.05) is 0 Å². The molecular weight excluding hydrogens is 229 g/mol. The Morgan fingerprint density at radius 2 is 2.00 bits per heavy atom. The minimum absolute atomic E-state index is 0.435. The third-order valence-electron chi connectivity index (χ3n) is 2.49. The normalized spacial score (nSPS) is 37.5. The third kappa shape index (κ3) is 2.12. The Morgan fingerprint density at radius 3 is 2.40 bits per heavy atom. The van der Waals surface area contributed by atoms with Crippen LogP contribution in [0.15, 0.2) is 0 Å². The van der Waals surface area contributed by atoms with Gasteiger partial charge < -0.3 is 0 Å². The van der Waals surface area contributed by atoms with E-state index >= 15 is 0 Å². The molecule has 0 aliphatic heterocycles. The summed E-state index contributed by atoms with van der Waals surface area (Å²) < 4.78 is 0.959. The predicted octanol–water partition coefficient (Wildman–Crippen LogP) is 1.48. The number of hydrogen-bond acceptors (Lipinski definition) is 1. The molecule has 0 heterocycles. The van der Waals surface area contributed by atoms with Gasteiger partial charge in [0.15, 0.2) is 0 Å². The van der Waals surface area contributed by atoms with E-state index in [2.05, 4.69) is 6.92 Å². The van der Waals surface area contributed by atoms with E-state index in [1.165, 1.54) is 25.7 Å². The van der Waals surface area contributed by atoms with Gasteiger partial charge in [0.2, 0.25) is 0 Å². The third-order valence-corrected chi connectivity index (χ3v) is 4.54. The van der Waals surface area contributed by atoms with Crippen LogP contribution in [0.1, 0.15) is 32.6 Å². The fraction of sp³-hybridized carbons (Fsp3) is 1.00.